The van der Waals surface area contributed by atoms with Gasteiger partial charge in [0.1, 0.15) is 11.6 Å². The lowest BCUT2D eigenvalue weighted by Crippen LogP contribution is -2.23. The minimum Gasteiger partial charge on any atom is -0.497 e. The summed E-state index contributed by atoms with van der Waals surface area (Å²) >= 11 is 0. The van der Waals surface area contributed by atoms with Gasteiger partial charge < -0.3 is 15.0 Å². The van der Waals surface area contributed by atoms with Gasteiger partial charge in [-0.1, -0.05) is 6.07 Å². The van der Waals surface area contributed by atoms with Gasteiger partial charge in [-0.15, -0.1) is 0 Å². The van der Waals surface area contributed by atoms with E-state index in [9.17, 15) is 0 Å². The highest BCUT2D eigenvalue weighted by Gasteiger charge is 2.05. The number of benzene rings is 1. The summed E-state index contributed by atoms with van der Waals surface area (Å²) in [4.78, 5) is 11.0. The first kappa shape index (κ1) is 14.1. The van der Waals surface area contributed by atoms with Crippen LogP contribution in [0.5, 0.6) is 5.75 Å². The average Bonchev–Trinajstić information content (AvgIpc) is 2.49. The third-order valence-corrected chi connectivity index (χ3v) is 3.05. The van der Waals surface area contributed by atoms with Crippen molar-refractivity contribution in [3.8, 4) is 5.75 Å². The molecule has 5 heteroatoms. The van der Waals surface area contributed by atoms with E-state index in [0.717, 1.165) is 30.3 Å². The summed E-state index contributed by atoms with van der Waals surface area (Å²) in [5, 5.41) is 3.19. The number of nitrogens with zero attached hydrogens (tertiary/aromatic N) is 3. The van der Waals surface area contributed by atoms with Crippen molar-refractivity contribution in [2.24, 2.45) is 0 Å². The zero-order chi connectivity index (χ0) is 14.4. The van der Waals surface area contributed by atoms with Crippen LogP contribution in [0.15, 0.2) is 36.5 Å². The molecule has 0 saturated carbocycles. The van der Waals surface area contributed by atoms with Gasteiger partial charge >= 0.3 is 0 Å². The lowest BCUT2D eigenvalue weighted by molar-refractivity contribution is 0.415. The van der Waals surface area contributed by atoms with Crippen LogP contribution in [0.3, 0.4) is 0 Å². The number of nitrogens with one attached hydrogen (secondary N) is 1. The van der Waals surface area contributed by atoms with E-state index in [1.807, 2.05) is 30.3 Å². The Bertz CT molecular complexity index is 555. The van der Waals surface area contributed by atoms with Crippen LogP contribution in [-0.4, -0.2) is 30.2 Å². The molecule has 1 aromatic heterocycles. The lowest BCUT2D eigenvalue weighted by atomic mass is 10.3. The largest absolute Gasteiger partial charge is 0.497 e. The Balaban J connectivity index is 2.18. The van der Waals surface area contributed by atoms with Crippen molar-refractivity contribution >= 4 is 17.5 Å². The summed E-state index contributed by atoms with van der Waals surface area (Å²) in [6.45, 7) is 6.07. The van der Waals surface area contributed by atoms with Crippen LogP contribution in [0.1, 0.15) is 13.8 Å². The van der Waals surface area contributed by atoms with E-state index in [4.69, 9.17) is 4.74 Å². The molecule has 5 nitrogen and oxygen atoms in total. The molecular formula is C15H20N4O. The van der Waals surface area contributed by atoms with E-state index in [-0.39, 0.29) is 0 Å². The minimum absolute atomic E-state index is 0.586. The van der Waals surface area contributed by atoms with Crippen molar-refractivity contribution in [2.45, 2.75) is 13.8 Å². The topological polar surface area (TPSA) is 50.3 Å². The molecule has 0 radical (unpaired) electrons. The molecule has 2 rings (SSSR count). The number of hydrogen-bond donors (Lipinski definition) is 1. The number of hydrogen-bond acceptors (Lipinski definition) is 5. The highest BCUT2D eigenvalue weighted by molar-refractivity contribution is 5.57. The second kappa shape index (κ2) is 6.75. The van der Waals surface area contributed by atoms with Crippen LogP contribution in [-0.2, 0) is 0 Å². The molecule has 0 aliphatic heterocycles. The van der Waals surface area contributed by atoms with Crippen molar-refractivity contribution in [3.05, 3.63) is 36.5 Å². The van der Waals surface area contributed by atoms with E-state index >= 15 is 0 Å². The molecular weight excluding hydrogens is 252 g/mol. The van der Waals surface area contributed by atoms with Gasteiger partial charge in [-0.05, 0) is 32.0 Å². The summed E-state index contributed by atoms with van der Waals surface area (Å²) in [5.74, 6) is 2.31. The molecule has 1 aromatic carbocycles. The molecule has 0 spiro atoms. The lowest BCUT2D eigenvalue weighted by Gasteiger charge is -2.19. The van der Waals surface area contributed by atoms with E-state index in [1.54, 1.807) is 13.3 Å². The first-order chi connectivity index (χ1) is 9.76. The summed E-state index contributed by atoms with van der Waals surface area (Å²) in [6, 6.07) is 9.61. The van der Waals surface area contributed by atoms with Gasteiger partial charge in [0.05, 0.1) is 7.11 Å². The molecule has 0 atom stereocenters. The maximum absolute atomic E-state index is 5.20. The maximum atomic E-state index is 5.20. The molecule has 0 saturated heterocycles. The first-order valence-electron chi connectivity index (χ1n) is 6.76. The van der Waals surface area contributed by atoms with Crippen LogP contribution in [0.25, 0.3) is 0 Å². The minimum atomic E-state index is 0.586. The Hall–Kier alpha value is -2.30. The standard InChI is InChI=1S/C15H20N4O/c1-4-19(5-2)14-9-10-16-15(18-14)17-12-7-6-8-13(11-12)20-3/h6-11H,4-5H2,1-3H3,(H,16,17,18). The highest BCUT2D eigenvalue weighted by Crippen LogP contribution is 2.20. The van der Waals surface area contributed by atoms with E-state index < -0.39 is 0 Å². The van der Waals surface area contributed by atoms with Crippen LogP contribution in [0.4, 0.5) is 17.5 Å². The van der Waals surface area contributed by atoms with Crippen molar-refractivity contribution in [3.63, 3.8) is 0 Å². The predicted molar refractivity (Wildman–Crippen MR) is 81.9 cm³/mol. The normalized spacial score (nSPS) is 10.2. The van der Waals surface area contributed by atoms with Gasteiger partial charge in [0.2, 0.25) is 5.95 Å². The molecule has 0 amide bonds. The molecule has 1 N–H and O–H groups in total. The monoisotopic (exact) mass is 272 g/mol. The number of ether oxygens (including phenoxy) is 1. The van der Waals surface area contributed by atoms with E-state index in [1.165, 1.54) is 0 Å². The van der Waals surface area contributed by atoms with Crippen LogP contribution < -0.4 is 15.0 Å². The van der Waals surface area contributed by atoms with Gasteiger partial charge in [-0.3, -0.25) is 0 Å². The molecule has 0 aliphatic rings. The number of methoxy groups -OCH3 is 1. The first-order valence-corrected chi connectivity index (χ1v) is 6.76. The van der Waals surface area contributed by atoms with Crippen molar-refractivity contribution in [1.29, 1.82) is 0 Å². The van der Waals surface area contributed by atoms with Crippen LogP contribution >= 0.6 is 0 Å². The molecule has 0 aliphatic carbocycles. The quantitative estimate of drug-likeness (QED) is 0.875. The third kappa shape index (κ3) is 3.38. The van der Waals surface area contributed by atoms with Crippen molar-refractivity contribution in [2.75, 3.05) is 30.4 Å². The van der Waals surface area contributed by atoms with Crippen molar-refractivity contribution in [1.82, 2.24) is 9.97 Å². The molecule has 0 unspecified atom stereocenters. The molecule has 0 bridgehead atoms. The summed E-state index contributed by atoms with van der Waals surface area (Å²) < 4.78 is 5.20. The van der Waals surface area contributed by atoms with Gasteiger partial charge in [0.25, 0.3) is 0 Å². The molecule has 20 heavy (non-hydrogen) atoms. The van der Waals surface area contributed by atoms with Crippen LogP contribution in [0.2, 0.25) is 0 Å². The SMILES string of the molecule is CCN(CC)c1ccnc(Nc2cccc(OC)c2)n1. The average molecular weight is 272 g/mol. The number of aromatic nitrogens is 2. The van der Waals surface area contributed by atoms with Crippen LogP contribution in [0, 0.1) is 0 Å². The Morgan fingerprint density at radius 3 is 2.70 bits per heavy atom. The third-order valence-electron chi connectivity index (χ3n) is 3.05. The maximum Gasteiger partial charge on any atom is 0.229 e. The molecule has 1 heterocycles. The fraction of sp³-hybridized carbons (Fsp3) is 0.333. The number of rotatable bonds is 6. The van der Waals surface area contributed by atoms with Gasteiger partial charge in [0.15, 0.2) is 0 Å². The smallest absolute Gasteiger partial charge is 0.229 e. The molecule has 2 aromatic rings. The summed E-state index contributed by atoms with van der Waals surface area (Å²) in [5.41, 5.74) is 0.904. The Kier molecular flexibility index (Phi) is 4.76. The Morgan fingerprint density at radius 2 is 2.00 bits per heavy atom. The molecule has 0 fully saturated rings. The predicted octanol–water partition coefficient (Wildman–Crippen LogP) is 3.08. The zero-order valence-electron chi connectivity index (χ0n) is 12.1. The number of anilines is 3. The van der Waals surface area contributed by atoms with E-state index in [0.29, 0.717) is 5.95 Å². The fourth-order valence-electron chi connectivity index (χ4n) is 1.96. The molecule has 106 valence electrons. The zero-order valence-corrected chi connectivity index (χ0v) is 12.1. The van der Waals surface area contributed by atoms with Gasteiger partial charge in [-0.2, -0.15) is 4.98 Å². The summed E-state index contributed by atoms with van der Waals surface area (Å²) in [7, 11) is 1.65. The van der Waals surface area contributed by atoms with E-state index in [2.05, 4.69) is 34.0 Å². The highest BCUT2D eigenvalue weighted by atomic mass is 16.5. The van der Waals surface area contributed by atoms with Gasteiger partial charge in [-0.25, -0.2) is 4.98 Å². The fourth-order valence-corrected chi connectivity index (χ4v) is 1.96. The Labute approximate surface area is 119 Å². The summed E-state index contributed by atoms with van der Waals surface area (Å²) in [6.07, 6.45) is 1.77. The second-order valence-electron chi connectivity index (χ2n) is 4.27. The Morgan fingerprint density at radius 1 is 1.20 bits per heavy atom. The van der Waals surface area contributed by atoms with Crippen molar-refractivity contribution < 1.29 is 4.74 Å². The second-order valence-corrected chi connectivity index (χ2v) is 4.27. The van der Waals surface area contributed by atoms with Gasteiger partial charge in [0, 0.05) is 31.0 Å².